The maximum atomic E-state index is 5.69. The molecule has 1 aliphatic rings. The highest BCUT2D eigenvalue weighted by molar-refractivity contribution is 5.19. The van der Waals surface area contributed by atoms with Gasteiger partial charge >= 0.3 is 0 Å². The van der Waals surface area contributed by atoms with Crippen LogP contribution in [0.2, 0.25) is 0 Å². The van der Waals surface area contributed by atoms with Gasteiger partial charge in [0.25, 0.3) is 0 Å². The third kappa shape index (κ3) is 2.45. The van der Waals surface area contributed by atoms with E-state index < -0.39 is 0 Å². The van der Waals surface area contributed by atoms with Crippen LogP contribution in [0.1, 0.15) is 32.1 Å². The minimum absolute atomic E-state index is 0.397. The molecule has 0 atom stereocenters. The van der Waals surface area contributed by atoms with E-state index in [0.717, 1.165) is 0 Å². The Balaban J connectivity index is 1.76. The minimum Gasteiger partial charge on any atom is -0.381 e. The third-order valence-corrected chi connectivity index (χ3v) is 2.55. The molecular weight excluding hydrogens is 180 g/mol. The van der Waals surface area contributed by atoms with Crippen LogP contribution >= 0.6 is 0 Å². The lowest BCUT2D eigenvalue weighted by atomic mass is 9.98. The number of hydrogen-bond donors (Lipinski definition) is 1. The smallest absolute Gasteiger partial charge is 0.166 e. The number of hydrogen-bond acceptors (Lipinski definition) is 4. The van der Waals surface area contributed by atoms with Crippen LogP contribution in [0.3, 0.4) is 0 Å². The van der Waals surface area contributed by atoms with E-state index in [9.17, 15) is 0 Å². The molecule has 2 rings (SSSR count). The molecule has 14 heavy (non-hydrogen) atoms. The summed E-state index contributed by atoms with van der Waals surface area (Å²) in [5, 5.41) is 7.51. The first-order valence-corrected chi connectivity index (χ1v) is 5.12. The molecule has 0 bridgehead atoms. The first-order chi connectivity index (χ1) is 6.84. The zero-order chi connectivity index (χ0) is 9.80. The fourth-order valence-corrected chi connectivity index (χ4v) is 1.79. The molecule has 1 aromatic heterocycles. The molecule has 0 unspecified atom stereocenters. The predicted molar refractivity (Wildman–Crippen MR) is 52.4 cm³/mol. The molecule has 2 N–H and O–H groups in total. The fraction of sp³-hybridized carbons (Fsp3) is 0.778. The first-order valence-electron chi connectivity index (χ1n) is 5.12. The van der Waals surface area contributed by atoms with E-state index in [2.05, 4.69) is 10.3 Å². The highest BCUT2D eigenvalue weighted by Gasteiger charge is 2.13. The van der Waals surface area contributed by atoms with Crippen molar-refractivity contribution in [2.75, 3.05) is 5.73 Å². The summed E-state index contributed by atoms with van der Waals surface area (Å²) in [6.07, 6.45) is 8.33. The van der Waals surface area contributed by atoms with Crippen molar-refractivity contribution in [1.29, 1.82) is 0 Å². The van der Waals surface area contributed by atoms with Gasteiger partial charge in [0.1, 0.15) is 6.73 Å². The van der Waals surface area contributed by atoms with Crippen LogP contribution in [-0.4, -0.2) is 21.1 Å². The second-order valence-corrected chi connectivity index (χ2v) is 3.74. The van der Waals surface area contributed by atoms with E-state index in [-0.39, 0.29) is 0 Å². The van der Waals surface area contributed by atoms with Gasteiger partial charge in [-0.25, -0.2) is 4.68 Å². The summed E-state index contributed by atoms with van der Waals surface area (Å²) in [6.45, 7) is 0.467. The van der Waals surface area contributed by atoms with Crippen molar-refractivity contribution < 1.29 is 4.74 Å². The quantitative estimate of drug-likeness (QED) is 0.788. The molecule has 5 heteroatoms. The standard InChI is InChI=1S/C9H16N4O/c10-9-6-13(12-11-9)7-14-8-4-2-1-3-5-8/h6,8H,1-5,7,10H2. The van der Waals surface area contributed by atoms with Crippen LogP contribution < -0.4 is 5.73 Å². The molecule has 5 nitrogen and oxygen atoms in total. The summed E-state index contributed by atoms with van der Waals surface area (Å²) < 4.78 is 7.32. The van der Waals surface area contributed by atoms with E-state index in [1.165, 1.54) is 32.1 Å². The minimum atomic E-state index is 0.397. The largest absolute Gasteiger partial charge is 0.381 e. The Bertz CT molecular complexity index is 280. The van der Waals surface area contributed by atoms with Crippen molar-refractivity contribution in [2.45, 2.75) is 44.9 Å². The summed E-state index contributed by atoms with van der Waals surface area (Å²) in [5.74, 6) is 0.442. The van der Waals surface area contributed by atoms with Gasteiger partial charge in [-0.15, -0.1) is 5.10 Å². The Kier molecular flexibility index (Phi) is 2.98. The lowest BCUT2D eigenvalue weighted by Crippen LogP contribution is -2.18. The van der Waals surface area contributed by atoms with E-state index >= 15 is 0 Å². The van der Waals surface area contributed by atoms with Crippen molar-refractivity contribution in [3.05, 3.63) is 6.20 Å². The molecule has 0 radical (unpaired) electrons. The van der Waals surface area contributed by atoms with Gasteiger partial charge in [-0.05, 0) is 12.8 Å². The monoisotopic (exact) mass is 196 g/mol. The van der Waals surface area contributed by atoms with Gasteiger partial charge in [0.15, 0.2) is 5.82 Å². The second-order valence-electron chi connectivity index (χ2n) is 3.74. The number of ether oxygens (including phenoxy) is 1. The van der Waals surface area contributed by atoms with Gasteiger partial charge < -0.3 is 10.5 Å². The van der Waals surface area contributed by atoms with Gasteiger partial charge in [0.2, 0.25) is 0 Å². The fourth-order valence-electron chi connectivity index (χ4n) is 1.79. The van der Waals surface area contributed by atoms with Crippen molar-refractivity contribution in [3.63, 3.8) is 0 Å². The summed E-state index contributed by atoms with van der Waals surface area (Å²) >= 11 is 0. The van der Waals surface area contributed by atoms with Gasteiger partial charge in [-0.1, -0.05) is 24.5 Å². The number of aromatic nitrogens is 3. The highest BCUT2D eigenvalue weighted by Crippen LogP contribution is 2.20. The van der Waals surface area contributed by atoms with Crippen LogP contribution in [0.25, 0.3) is 0 Å². The van der Waals surface area contributed by atoms with E-state index in [1.807, 2.05) is 0 Å². The van der Waals surface area contributed by atoms with Crippen LogP contribution in [0.4, 0.5) is 5.82 Å². The Morgan fingerprint density at radius 3 is 2.86 bits per heavy atom. The van der Waals surface area contributed by atoms with Gasteiger partial charge in [0, 0.05) is 0 Å². The average molecular weight is 196 g/mol. The molecule has 0 amide bonds. The SMILES string of the molecule is Nc1cn(COC2CCCCC2)nn1. The van der Waals surface area contributed by atoms with Crippen molar-refractivity contribution in [2.24, 2.45) is 0 Å². The van der Waals surface area contributed by atoms with Crippen LogP contribution in [-0.2, 0) is 11.5 Å². The van der Waals surface area contributed by atoms with Crippen molar-refractivity contribution in [1.82, 2.24) is 15.0 Å². The van der Waals surface area contributed by atoms with Crippen LogP contribution in [0.15, 0.2) is 6.20 Å². The molecule has 1 fully saturated rings. The molecule has 1 aliphatic carbocycles. The van der Waals surface area contributed by atoms with E-state index in [1.54, 1.807) is 10.9 Å². The predicted octanol–water partition coefficient (Wildman–Crippen LogP) is 1.17. The zero-order valence-corrected chi connectivity index (χ0v) is 8.22. The molecular formula is C9H16N4O. The Hall–Kier alpha value is -1.10. The Morgan fingerprint density at radius 1 is 1.43 bits per heavy atom. The number of rotatable bonds is 3. The van der Waals surface area contributed by atoms with Gasteiger partial charge in [-0.3, -0.25) is 0 Å². The maximum absolute atomic E-state index is 5.69. The normalized spacial score (nSPS) is 18.6. The molecule has 0 aromatic carbocycles. The van der Waals surface area contributed by atoms with Crippen LogP contribution in [0.5, 0.6) is 0 Å². The molecule has 1 heterocycles. The van der Waals surface area contributed by atoms with Crippen LogP contribution in [0, 0.1) is 0 Å². The lowest BCUT2D eigenvalue weighted by molar-refractivity contribution is -0.0184. The highest BCUT2D eigenvalue weighted by atomic mass is 16.5. The molecule has 1 aromatic rings. The van der Waals surface area contributed by atoms with Crippen molar-refractivity contribution >= 4 is 5.82 Å². The molecule has 78 valence electrons. The molecule has 0 saturated heterocycles. The number of nitrogens with two attached hydrogens (primary N) is 1. The summed E-state index contributed by atoms with van der Waals surface area (Å²) in [5.41, 5.74) is 5.44. The topological polar surface area (TPSA) is 66.0 Å². The molecule has 0 spiro atoms. The molecule has 1 saturated carbocycles. The lowest BCUT2D eigenvalue weighted by Gasteiger charge is -2.21. The van der Waals surface area contributed by atoms with E-state index in [4.69, 9.17) is 10.5 Å². The number of nitrogens with zero attached hydrogens (tertiary/aromatic N) is 3. The summed E-state index contributed by atoms with van der Waals surface area (Å²) in [4.78, 5) is 0. The Morgan fingerprint density at radius 2 is 2.21 bits per heavy atom. The summed E-state index contributed by atoms with van der Waals surface area (Å²) in [7, 11) is 0. The van der Waals surface area contributed by atoms with Crippen molar-refractivity contribution in [3.8, 4) is 0 Å². The first kappa shape index (κ1) is 9.45. The number of anilines is 1. The second kappa shape index (κ2) is 4.41. The third-order valence-electron chi connectivity index (χ3n) is 2.55. The van der Waals surface area contributed by atoms with Gasteiger partial charge in [0.05, 0.1) is 12.3 Å². The summed E-state index contributed by atoms with van der Waals surface area (Å²) in [6, 6.07) is 0. The number of nitrogen functional groups attached to an aromatic ring is 1. The van der Waals surface area contributed by atoms with Gasteiger partial charge in [-0.2, -0.15) is 0 Å². The zero-order valence-electron chi connectivity index (χ0n) is 8.22. The Labute approximate surface area is 83.2 Å². The van der Waals surface area contributed by atoms with E-state index in [0.29, 0.717) is 18.7 Å². The molecule has 0 aliphatic heterocycles. The maximum Gasteiger partial charge on any atom is 0.166 e. The average Bonchev–Trinajstić information content (AvgIpc) is 2.63.